The number of hydrogen-bond donors (Lipinski definition) is 0. The fraction of sp³-hybridized carbons (Fsp3) is 0.333. The predicted molar refractivity (Wildman–Crippen MR) is 64.4 cm³/mol. The average molecular weight is 273 g/mol. The number of nitrogens with zero attached hydrogens (tertiary/aromatic N) is 3. The minimum Gasteiger partial charge on any atom is -0.461 e. The third-order valence-corrected chi connectivity index (χ3v) is 3.69. The second-order valence-corrected chi connectivity index (χ2v) is 6.28. The van der Waals surface area contributed by atoms with E-state index in [9.17, 15) is 8.42 Å². The van der Waals surface area contributed by atoms with Gasteiger partial charge in [-0.05, 0) is 17.9 Å². The zero-order valence-corrected chi connectivity index (χ0v) is 11.0. The van der Waals surface area contributed by atoms with Crippen LogP contribution in [-0.2, 0) is 10.0 Å². The van der Waals surface area contributed by atoms with Gasteiger partial charge in [0.25, 0.3) is 10.0 Å². The van der Waals surface area contributed by atoms with Gasteiger partial charge >= 0.3 is 0 Å². The van der Waals surface area contributed by atoms with Crippen molar-refractivity contribution in [3.8, 4) is 11.6 Å². The molecule has 8 heteroatoms. The lowest BCUT2D eigenvalue weighted by molar-refractivity contribution is 0.574. The predicted octanol–water partition coefficient (Wildman–Crippen LogP) is 1.46. The Morgan fingerprint density at radius 1 is 1.53 bits per heavy atom. The summed E-state index contributed by atoms with van der Waals surface area (Å²) in [7, 11) is -3.45. The van der Waals surface area contributed by atoms with Gasteiger partial charge in [0, 0.05) is 0 Å². The normalized spacial score (nSPS) is 11.9. The van der Waals surface area contributed by atoms with Gasteiger partial charge in [0.05, 0.1) is 12.5 Å². The molecule has 0 saturated heterocycles. The summed E-state index contributed by atoms with van der Waals surface area (Å²) in [5, 5.41) is 4.29. The van der Waals surface area contributed by atoms with Crippen molar-refractivity contribution in [1.29, 1.82) is 0 Å². The lowest BCUT2D eigenvalue weighted by atomic mass is 10.4. The van der Waals surface area contributed by atoms with Gasteiger partial charge in [0.15, 0.2) is 5.76 Å². The molecule has 0 fully saturated rings. The van der Waals surface area contributed by atoms with Crippen LogP contribution in [0.25, 0.3) is 11.6 Å². The first-order valence-corrected chi connectivity index (χ1v) is 7.70. The highest BCUT2D eigenvalue weighted by molar-refractivity contribution is 7.99. The molecule has 2 heterocycles. The van der Waals surface area contributed by atoms with Gasteiger partial charge in [-0.1, -0.05) is 18.7 Å². The highest BCUT2D eigenvalue weighted by atomic mass is 32.2. The van der Waals surface area contributed by atoms with Crippen LogP contribution in [0.4, 0.5) is 0 Å². The van der Waals surface area contributed by atoms with Crippen LogP contribution >= 0.6 is 11.8 Å². The Labute approximate surface area is 103 Å². The van der Waals surface area contributed by atoms with Crippen molar-refractivity contribution < 1.29 is 12.8 Å². The molecule has 0 aromatic carbocycles. The molecule has 0 aliphatic heterocycles. The largest absolute Gasteiger partial charge is 0.461 e. The smallest absolute Gasteiger partial charge is 0.253 e. The lowest BCUT2D eigenvalue weighted by Crippen LogP contribution is -2.13. The Morgan fingerprint density at radius 2 is 2.29 bits per heavy atom. The number of hydrogen-bond acceptors (Lipinski definition) is 6. The lowest BCUT2D eigenvalue weighted by Gasteiger charge is -1.99. The molecule has 92 valence electrons. The summed E-state index contributed by atoms with van der Waals surface area (Å²) in [5.41, 5.74) is 0. The summed E-state index contributed by atoms with van der Waals surface area (Å²) in [6.45, 7) is 1.92. The van der Waals surface area contributed by atoms with Crippen LogP contribution in [0.3, 0.4) is 0 Å². The first-order valence-electron chi connectivity index (χ1n) is 4.86. The molecule has 2 rings (SSSR count). The number of furan rings is 1. The second-order valence-electron chi connectivity index (χ2n) is 3.23. The van der Waals surface area contributed by atoms with Crippen LogP contribution in [0, 0.1) is 0 Å². The number of rotatable bonds is 4. The first-order chi connectivity index (χ1) is 8.02. The maximum absolute atomic E-state index is 11.5. The Bertz CT molecular complexity index is 601. The molecule has 2 aromatic rings. The van der Waals surface area contributed by atoms with Gasteiger partial charge in [0.2, 0.25) is 11.0 Å². The fourth-order valence-electron chi connectivity index (χ4n) is 1.23. The molecule has 0 amide bonds. The van der Waals surface area contributed by atoms with Crippen LogP contribution < -0.4 is 0 Å². The summed E-state index contributed by atoms with van der Waals surface area (Å²) in [5.74, 6) is 1.44. The van der Waals surface area contributed by atoms with Gasteiger partial charge in [-0.3, -0.25) is 0 Å². The molecule has 0 saturated carbocycles. The van der Waals surface area contributed by atoms with E-state index in [4.69, 9.17) is 4.42 Å². The number of aromatic nitrogens is 3. The molecule has 0 aliphatic carbocycles. The van der Waals surface area contributed by atoms with Crippen LogP contribution in [0.15, 0.2) is 28.0 Å². The third kappa shape index (κ3) is 2.52. The van der Waals surface area contributed by atoms with Crippen molar-refractivity contribution in [2.24, 2.45) is 0 Å². The van der Waals surface area contributed by atoms with Gasteiger partial charge in [-0.2, -0.15) is 4.98 Å². The van der Waals surface area contributed by atoms with Crippen LogP contribution in [0.5, 0.6) is 0 Å². The quantitative estimate of drug-likeness (QED) is 0.785. The SMILES string of the molecule is CCSc1nc(-c2ccco2)nn1S(C)(=O)=O. The van der Waals surface area contributed by atoms with E-state index in [2.05, 4.69) is 10.1 Å². The Morgan fingerprint density at radius 3 is 2.82 bits per heavy atom. The highest BCUT2D eigenvalue weighted by Gasteiger charge is 2.19. The first kappa shape index (κ1) is 12.2. The monoisotopic (exact) mass is 273 g/mol. The van der Waals surface area contributed by atoms with Gasteiger partial charge < -0.3 is 4.42 Å². The molecule has 0 unspecified atom stereocenters. The average Bonchev–Trinajstić information content (AvgIpc) is 2.82. The Kier molecular flexibility index (Phi) is 3.25. The maximum atomic E-state index is 11.5. The molecule has 0 aliphatic rings. The summed E-state index contributed by atoms with van der Waals surface area (Å²) < 4.78 is 29.1. The third-order valence-electron chi connectivity index (χ3n) is 1.88. The van der Waals surface area contributed by atoms with E-state index in [1.807, 2.05) is 6.92 Å². The van der Waals surface area contributed by atoms with E-state index in [1.54, 1.807) is 12.1 Å². The minimum absolute atomic E-state index is 0.274. The second kappa shape index (κ2) is 4.53. The van der Waals surface area contributed by atoms with Crippen molar-refractivity contribution in [3.05, 3.63) is 18.4 Å². The van der Waals surface area contributed by atoms with Crippen molar-refractivity contribution >= 4 is 21.8 Å². The molecule has 0 bridgehead atoms. The Hall–Kier alpha value is -1.28. The van der Waals surface area contributed by atoms with E-state index in [1.165, 1.54) is 18.0 Å². The maximum Gasteiger partial charge on any atom is 0.253 e. The van der Waals surface area contributed by atoms with E-state index in [0.717, 1.165) is 10.3 Å². The summed E-state index contributed by atoms with van der Waals surface area (Å²) in [6, 6.07) is 3.38. The summed E-state index contributed by atoms with van der Waals surface area (Å²) in [6.07, 6.45) is 2.58. The molecule has 17 heavy (non-hydrogen) atoms. The number of thioether (sulfide) groups is 1. The molecule has 0 N–H and O–H groups in total. The van der Waals surface area contributed by atoms with E-state index in [-0.39, 0.29) is 5.82 Å². The molecule has 0 atom stereocenters. The molecular formula is C9H11N3O3S2. The summed E-state index contributed by atoms with van der Waals surface area (Å²) in [4.78, 5) is 4.15. The van der Waals surface area contributed by atoms with Crippen LogP contribution in [0.1, 0.15) is 6.92 Å². The van der Waals surface area contributed by atoms with Crippen molar-refractivity contribution in [3.63, 3.8) is 0 Å². The Balaban J connectivity index is 2.52. The summed E-state index contributed by atoms with van der Waals surface area (Å²) >= 11 is 1.32. The molecule has 6 nitrogen and oxygen atoms in total. The molecule has 0 radical (unpaired) electrons. The zero-order chi connectivity index (χ0) is 12.5. The topological polar surface area (TPSA) is 78.0 Å². The van der Waals surface area contributed by atoms with E-state index >= 15 is 0 Å². The zero-order valence-electron chi connectivity index (χ0n) is 9.32. The van der Waals surface area contributed by atoms with Gasteiger partial charge in [-0.15, -0.1) is 9.19 Å². The molecule has 2 aromatic heterocycles. The van der Waals surface area contributed by atoms with Crippen molar-refractivity contribution in [2.75, 3.05) is 12.0 Å². The standard InChI is InChI=1S/C9H11N3O3S2/c1-3-16-9-10-8(7-5-4-6-15-7)11-12(9)17(2,13)14/h4-6H,3H2,1-2H3. The molecular weight excluding hydrogens is 262 g/mol. The van der Waals surface area contributed by atoms with Gasteiger partial charge in [-0.25, -0.2) is 8.42 Å². The minimum atomic E-state index is -3.45. The fourth-order valence-corrected chi connectivity index (χ4v) is 2.90. The highest BCUT2D eigenvalue weighted by Crippen LogP contribution is 2.22. The van der Waals surface area contributed by atoms with Crippen LogP contribution in [-0.4, -0.2) is 34.6 Å². The van der Waals surface area contributed by atoms with Gasteiger partial charge in [0.1, 0.15) is 0 Å². The van der Waals surface area contributed by atoms with E-state index in [0.29, 0.717) is 16.7 Å². The van der Waals surface area contributed by atoms with Crippen molar-refractivity contribution in [2.45, 2.75) is 12.1 Å². The molecule has 0 spiro atoms. The van der Waals surface area contributed by atoms with Crippen LogP contribution in [0.2, 0.25) is 0 Å². The van der Waals surface area contributed by atoms with Crippen molar-refractivity contribution in [1.82, 2.24) is 14.2 Å². The van der Waals surface area contributed by atoms with E-state index < -0.39 is 10.0 Å².